The van der Waals surface area contributed by atoms with Crippen LogP contribution in [0.4, 0.5) is 0 Å². The number of methoxy groups -OCH3 is 1. The van der Waals surface area contributed by atoms with E-state index in [1.807, 2.05) is 43.3 Å². The molecule has 1 aliphatic rings. The van der Waals surface area contributed by atoms with Crippen LogP contribution in [0.15, 0.2) is 40.8 Å². The summed E-state index contributed by atoms with van der Waals surface area (Å²) in [5.74, 6) is 1.53. The lowest BCUT2D eigenvalue weighted by Gasteiger charge is -2.37. The van der Waals surface area contributed by atoms with E-state index in [0.29, 0.717) is 17.5 Å². The molecule has 4 rings (SSSR count). The number of benzene rings is 2. The van der Waals surface area contributed by atoms with Crippen molar-refractivity contribution in [2.45, 2.75) is 44.7 Å². The summed E-state index contributed by atoms with van der Waals surface area (Å²) in [7, 11) is 1.59. The van der Waals surface area contributed by atoms with E-state index < -0.39 is 24.4 Å². The van der Waals surface area contributed by atoms with Crippen LogP contribution in [-0.2, 0) is 4.74 Å². The van der Waals surface area contributed by atoms with E-state index in [2.05, 4.69) is 10.2 Å². The second kappa shape index (κ2) is 8.76. The molecule has 31 heavy (non-hydrogen) atoms. The maximum absolute atomic E-state index is 10.6. The van der Waals surface area contributed by atoms with Crippen molar-refractivity contribution in [3.8, 4) is 28.3 Å². The summed E-state index contributed by atoms with van der Waals surface area (Å²) in [5, 5.41) is 38.2. The molecule has 0 saturated carbocycles. The van der Waals surface area contributed by atoms with Crippen molar-refractivity contribution >= 4 is 0 Å². The van der Waals surface area contributed by atoms with Crippen LogP contribution in [0.5, 0.6) is 5.75 Å². The van der Waals surface area contributed by atoms with Gasteiger partial charge in [0.1, 0.15) is 18.0 Å². The number of hydrogen-bond acceptors (Lipinski definition) is 8. The Morgan fingerprint density at radius 2 is 1.90 bits per heavy atom. The van der Waals surface area contributed by atoms with Gasteiger partial charge in [0, 0.05) is 24.5 Å². The molecule has 3 N–H and O–H groups in total. The van der Waals surface area contributed by atoms with Crippen molar-refractivity contribution in [3.63, 3.8) is 0 Å². The molecule has 1 fully saturated rings. The number of rotatable bonds is 5. The van der Waals surface area contributed by atoms with Gasteiger partial charge in [0.25, 0.3) is 0 Å². The Bertz CT molecular complexity index is 1070. The molecule has 0 spiro atoms. The highest BCUT2D eigenvalue weighted by molar-refractivity contribution is 5.77. The standard InChI is InChI=1S/C23H26N2O6/c1-12-16(5-4-6-17(12)22-21(28)19(27)10-15(11-26)31-22)18-8-7-14(9-20(18)29-3)23-25-24-13(2)30-23/h4-9,15,19,21-22,26-28H,10-11H2,1-3H3. The Labute approximate surface area is 180 Å². The number of aryl methyl sites for hydroxylation is 1. The Morgan fingerprint density at radius 1 is 1.10 bits per heavy atom. The quantitative estimate of drug-likeness (QED) is 0.570. The van der Waals surface area contributed by atoms with E-state index in [9.17, 15) is 15.3 Å². The van der Waals surface area contributed by atoms with Crippen LogP contribution in [0.25, 0.3) is 22.6 Å². The number of nitrogens with zero attached hydrogens (tertiary/aromatic N) is 2. The van der Waals surface area contributed by atoms with Crippen LogP contribution < -0.4 is 4.74 Å². The van der Waals surface area contributed by atoms with E-state index in [1.54, 1.807) is 14.0 Å². The molecule has 0 radical (unpaired) electrons. The number of aromatic nitrogens is 2. The first-order valence-corrected chi connectivity index (χ1v) is 10.1. The van der Waals surface area contributed by atoms with Crippen molar-refractivity contribution in [2.24, 2.45) is 0 Å². The summed E-state index contributed by atoms with van der Waals surface area (Å²) in [6.07, 6.45) is -3.13. The molecule has 3 aromatic rings. The third-order valence-electron chi connectivity index (χ3n) is 5.70. The van der Waals surface area contributed by atoms with Crippen molar-refractivity contribution in [1.82, 2.24) is 10.2 Å². The molecular weight excluding hydrogens is 400 g/mol. The van der Waals surface area contributed by atoms with E-state index in [0.717, 1.165) is 27.8 Å². The summed E-state index contributed by atoms with van der Waals surface area (Å²) >= 11 is 0. The van der Waals surface area contributed by atoms with E-state index in [1.165, 1.54) is 0 Å². The molecule has 2 aromatic carbocycles. The molecule has 4 atom stereocenters. The SMILES string of the molecule is COc1cc(-c2nnc(C)o2)ccc1-c1cccc(C2OC(CO)CC(O)C2O)c1C. The lowest BCUT2D eigenvalue weighted by Crippen LogP contribution is -2.44. The summed E-state index contributed by atoms with van der Waals surface area (Å²) in [4.78, 5) is 0. The summed E-state index contributed by atoms with van der Waals surface area (Å²) in [6, 6.07) is 11.3. The normalized spacial score (nSPS) is 23.7. The van der Waals surface area contributed by atoms with E-state index in [-0.39, 0.29) is 13.0 Å². The van der Waals surface area contributed by atoms with Gasteiger partial charge in [-0.05, 0) is 41.8 Å². The minimum absolute atomic E-state index is 0.192. The fourth-order valence-corrected chi connectivity index (χ4v) is 4.04. The van der Waals surface area contributed by atoms with Gasteiger partial charge in [0.05, 0.1) is 25.9 Å². The van der Waals surface area contributed by atoms with Crippen molar-refractivity contribution in [3.05, 3.63) is 53.4 Å². The third kappa shape index (κ3) is 4.07. The smallest absolute Gasteiger partial charge is 0.247 e. The second-order valence-corrected chi connectivity index (χ2v) is 7.72. The molecule has 8 heteroatoms. The van der Waals surface area contributed by atoms with Gasteiger partial charge in [-0.15, -0.1) is 10.2 Å². The monoisotopic (exact) mass is 426 g/mol. The van der Waals surface area contributed by atoms with Gasteiger partial charge in [0.15, 0.2) is 0 Å². The molecular formula is C23H26N2O6. The fourth-order valence-electron chi connectivity index (χ4n) is 4.04. The number of ether oxygens (including phenoxy) is 2. The van der Waals surface area contributed by atoms with E-state index in [4.69, 9.17) is 13.9 Å². The maximum Gasteiger partial charge on any atom is 0.247 e. The van der Waals surface area contributed by atoms with Gasteiger partial charge in [0.2, 0.25) is 11.8 Å². The Hall–Kier alpha value is -2.78. The average Bonchev–Trinajstić information content (AvgIpc) is 3.22. The molecule has 164 valence electrons. The molecule has 0 amide bonds. The van der Waals surface area contributed by atoms with Crippen molar-refractivity contribution in [1.29, 1.82) is 0 Å². The Morgan fingerprint density at radius 3 is 2.58 bits per heavy atom. The zero-order chi connectivity index (χ0) is 22.1. The van der Waals surface area contributed by atoms with E-state index >= 15 is 0 Å². The van der Waals surface area contributed by atoms with Crippen LogP contribution in [0, 0.1) is 13.8 Å². The van der Waals surface area contributed by atoms with Crippen molar-refractivity contribution in [2.75, 3.05) is 13.7 Å². The molecule has 8 nitrogen and oxygen atoms in total. The molecule has 1 aromatic heterocycles. The predicted molar refractivity (Wildman–Crippen MR) is 113 cm³/mol. The van der Waals surface area contributed by atoms with Gasteiger partial charge in [-0.3, -0.25) is 0 Å². The van der Waals surface area contributed by atoms with Gasteiger partial charge >= 0.3 is 0 Å². The fraction of sp³-hybridized carbons (Fsp3) is 0.391. The summed E-state index contributed by atoms with van der Waals surface area (Å²) in [6.45, 7) is 3.45. The first kappa shape index (κ1) is 21.5. The van der Waals surface area contributed by atoms with Gasteiger partial charge < -0.3 is 29.2 Å². The van der Waals surface area contributed by atoms with Gasteiger partial charge in [-0.25, -0.2) is 0 Å². The molecule has 1 saturated heterocycles. The van der Waals surface area contributed by atoms with Gasteiger partial charge in [-0.2, -0.15) is 0 Å². The zero-order valence-corrected chi connectivity index (χ0v) is 17.6. The van der Waals surface area contributed by atoms with Crippen molar-refractivity contribution < 1.29 is 29.2 Å². The van der Waals surface area contributed by atoms with Crippen LogP contribution in [0.1, 0.15) is 29.5 Å². The van der Waals surface area contributed by atoms with Crippen LogP contribution >= 0.6 is 0 Å². The molecule has 0 bridgehead atoms. The highest BCUT2D eigenvalue weighted by atomic mass is 16.5. The lowest BCUT2D eigenvalue weighted by atomic mass is 9.87. The topological polar surface area (TPSA) is 118 Å². The number of aliphatic hydroxyl groups is 3. The predicted octanol–water partition coefficient (Wildman–Crippen LogP) is 2.57. The largest absolute Gasteiger partial charge is 0.496 e. The van der Waals surface area contributed by atoms with Crippen LogP contribution in [0.3, 0.4) is 0 Å². The first-order chi connectivity index (χ1) is 14.9. The Kier molecular flexibility index (Phi) is 6.06. The summed E-state index contributed by atoms with van der Waals surface area (Å²) < 4.78 is 17.0. The number of hydrogen-bond donors (Lipinski definition) is 3. The lowest BCUT2D eigenvalue weighted by molar-refractivity contribution is -0.179. The minimum Gasteiger partial charge on any atom is -0.496 e. The highest BCUT2D eigenvalue weighted by Gasteiger charge is 2.38. The molecule has 1 aliphatic heterocycles. The first-order valence-electron chi connectivity index (χ1n) is 10.1. The van der Waals surface area contributed by atoms with Crippen LogP contribution in [-0.4, -0.2) is 57.5 Å². The second-order valence-electron chi connectivity index (χ2n) is 7.72. The molecule has 0 aliphatic carbocycles. The zero-order valence-electron chi connectivity index (χ0n) is 17.6. The maximum atomic E-state index is 10.6. The van der Waals surface area contributed by atoms with Gasteiger partial charge in [-0.1, -0.05) is 18.2 Å². The molecule has 2 heterocycles. The van der Waals surface area contributed by atoms with Crippen LogP contribution in [0.2, 0.25) is 0 Å². The average molecular weight is 426 g/mol. The minimum atomic E-state index is -1.08. The highest BCUT2D eigenvalue weighted by Crippen LogP contribution is 2.40. The summed E-state index contributed by atoms with van der Waals surface area (Å²) in [5.41, 5.74) is 4.14. The third-order valence-corrected chi connectivity index (χ3v) is 5.70. The number of aliphatic hydroxyl groups excluding tert-OH is 3. The Balaban J connectivity index is 1.74. The molecule has 4 unspecified atom stereocenters.